The van der Waals surface area contributed by atoms with Gasteiger partial charge in [-0.05, 0) is 39.5 Å². The molecule has 0 bridgehead atoms. The predicted molar refractivity (Wildman–Crippen MR) is 134 cm³/mol. The lowest BCUT2D eigenvalue weighted by Crippen LogP contribution is -2.51. The van der Waals surface area contributed by atoms with Gasteiger partial charge in [-0.1, -0.05) is 0 Å². The Morgan fingerprint density at radius 2 is 1.67 bits per heavy atom. The van der Waals surface area contributed by atoms with Crippen LogP contribution in [0.25, 0.3) is 11.3 Å². The number of carboxylic acids is 1. The highest BCUT2D eigenvalue weighted by atomic mass is 32.2. The van der Waals surface area contributed by atoms with E-state index in [1.165, 1.54) is 25.7 Å². The number of halogens is 3. The monoisotopic (exact) mass is 575 g/mol. The molecule has 2 fully saturated rings. The van der Waals surface area contributed by atoms with E-state index in [4.69, 9.17) is 5.11 Å². The average Bonchev–Trinajstić information content (AvgIpc) is 3.30. The molecule has 4 heterocycles. The number of aromatic nitrogens is 4. The molecule has 4 rings (SSSR count). The number of anilines is 1. The van der Waals surface area contributed by atoms with E-state index in [0.29, 0.717) is 19.0 Å². The standard InChI is InChI=1S/C23H32F3N7O5S/c1-22(2,36)14-31-13-16(11-28-31)19-18(23(24,25)26)12-27-21(30-19)29-17-5-9-33(10-6-17)39(37,38)32-7-3-15(4-8-32)20(34)35/h11-13,15,17,36H,3-10,14H2,1-2H3,(H,34,35)(H,27,29,30). The second-order valence-corrected chi connectivity index (χ2v) is 12.5. The third-order valence-corrected chi connectivity index (χ3v) is 8.83. The molecule has 0 aliphatic carbocycles. The molecular formula is C23H32F3N7O5S. The van der Waals surface area contributed by atoms with Crippen LogP contribution in [0.2, 0.25) is 0 Å². The molecular weight excluding hydrogens is 543 g/mol. The van der Waals surface area contributed by atoms with Gasteiger partial charge in [0.15, 0.2) is 0 Å². The Balaban J connectivity index is 1.43. The lowest BCUT2D eigenvalue weighted by Gasteiger charge is -2.37. The number of carbonyl (C=O) groups is 1. The maximum absolute atomic E-state index is 13.7. The Bertz CT molecular complexity index is 1280. The van der Waals surface area contributed by atoms with Crippen LogP contribution in [0, 0.1) is 5.92 Å². The topological polar surface area (TPSA) is 154 Å². The lowest BCUT2D eigenvalue weighted by molar-refractivity contribution is -0.143. The third-order valence-electron chi connectivity index (χ3n) is 6.79. The average molecular weight is 576 g/mol. The first-order chi connectivity index (χ1) is 18.1. The summed E-state index contributed by atoms with van der Waals surface area (Å²) >= 11 is 0. The van der Waals surface area contributed by atoms with Gasteiger partial charge in [0.2, 0.25) is 5.95 Å². The molecule has 216 valence electrons. The zero-order valence-corrected chi connectivity index (χ0v) is 22.4. The highest BCUT2D eigenvalue weighted by Crippen LogP contribution is 2.36. The summed E-state index contributed by atoms with van der Waals surface area (Å²) in [5, 5.41) is 26.2. The first-order valence-corrected chi connectivity index (χ1v) is 14.0. The summed E-state index contributed by atoms with van der Waals surface area (Å²) in [4.78, 5) is 19.1. The summed E-state index contributed by atoms with van der Waals surface area (Å²) in [6.07, 6.45) is -0.0867. The first kappa shape index (κ1) is 29.2. The van der Waals surface area contributed by atoms with Crippen LogP contribution in [0.1, 0.15) is 45.1 Å². The van der Waals surface area contributed by atoms with Crippen molar-refractivity contribution < 1.29 is 36.6 Å². The van der Waals surface area contributed by atoms with Crippen LogP contribution in [-0.4, -0.2) is 90.8 Å². The van der Waals surface area contributed by atoms with Crippen LogP contribution < -0.4 is 5.32 Å². The van der Waals surface area contributed by atoms with Crippen molar-refractivity contribution in [2.24, 2.45) is 5.92 Å². The van der Waals surface area contributed by atoms with Gasteiger partial charge >= 0.3 is 12.1 Å². The molecule has 0 saturated carbocycles. The second-order valence-electron chi connectivity index (χ2n) is 10.5. The summed E-state index contributed by atoms with van der Waals surface area (Å²) in [5.41, 5.74) is -2.38. The van der Waals surface area contributed by atoms with Crippen LogP contribution >= 0.6 is 0 Å². The van der Waals surface area contributed by atoms with Gasteiger partial charge in [0.05, 0.1) is 30.0 Å². The molecule has 0 atom stereocenters. The minimum atomic E-state index is -4.70. The van der Waals surface area contributed by atoms with Gasteiger partial charge in [-0.15, -0.1) is 0 Å². The Morgan fingerprint density at radius 1 is 1.08 bits per heavy atom. The van der Waals surface area contributed by atoms with Crippen LogP contribution in [-0.2, 0) is 27.7 Å². The van der Waals surface area contributed by atoms with Gasteiger partial charge in [-0.25, -0.2) is 9.97 Å². The van der Waals surface area contributed by atoms with Crippen molar-refractivity contribution >= 4 is 22.1 Å². The molecule has 2 aromatic rings. The Kier molecular flexibility index (Phi) is 8.21. The van der Waals surface area contributed by atoms with E-state index in [-0.39, 0.29) is 68.8 Å². The van der Waals surface area contributed by atoms with Crippen LogP contribution in [0.4, 0.5) is 19.1 Å². The molecule has 2 aromatic heterocycles. The summed E-state index contributed by atoms with van der Waals surface area (Å²) < 4.78 is 71.2. The smallest absolute Gasteiger partial charge is 0.419 e. The molecule has 2 saturated heterocycles. The third kappa shape index (κ3) is 7.04. The molecule has 16 heteroatoms. The van der Waals surface area contributed by atoms with E-state index >= 15 is 0 Å². The Morgan fingerprint density at radius 3 is 2.21 bits per heavy atom. The highest BCUT2D eigenvalue weighted by molar-refractivity contribution is 7.86. The van der Waals surface area contributed by atoms with E-state index in [1.54, 1.807) is 13.8 Å². The van der Waals surface area contributed by atoms with Crippen molar-refractivity contribution in [2.45, 2.75) is 63.9 Å². The van der Waals surface area contributed by atoms with E-state index in [2.05, 4.69) is 20.4 Å². The van der Waals surface area contributed by atoms with Gasteiger partial charge in [0.1, 0.15) is 5.56 Å². The lowest BCUT2D eigenvalue weighted by atomic mass is 9.99. The fraction of sp³-hybridized carbons (Fsp3) is 0.652. The first-order valence-electron chi connectivity index (χ1n) is 12.6. The van der Waals surface area contributed by atoms with Crippen molar-refractivity contribution in [1.29, 1.82) is 0 Å². The molecule has 0 radical (unpaired) electrons. The van der Waals surface area contributed by atoms with Crippen molar-refractivity contribution in [3.05, 3.63) is 24.2 Å². The van der Waals surface area contributed by atoms with Crippen molar-refractivity contribution in [1.82, 2.24) is 28.4 Å². The van der Waals surface area contributed by atoms with Gasteiger partial charge in [-0.3, -0.25) is 9.48 Å². The van der Waals surface area contributed by atoms with Gasteiger partial charge in [0, 0.05) is 50.2 Å². The molecule has 0 aromatic carbocycles. The number of piperidine rings is 2. The molecule has 3 N–H and O–H groups in total. The molecule has 12 nitrogen and oxygen atoms in total. The number of aliphatic hydroxyl groups is 1. The zero-order valence-electron chi connectivity index (χ0n) is 21.6. The fourth-order valence-corrected chi connectivity index (χ4v) is 6.43. The quantitative estimate of drug-likeness (QED) is 0.429. The van der Waals surface area contributed by atoms with Crippen LogP contribution in [0.3, 0.4) is 0 Å². The maximum Gasteiger partial charge on any atom is 0.419 e. The molecule has 2 aliphatic heterocycles. The highest BCUT2D eigenvalue weighted by Gasteiger charge is 2.38. The van der Waals surface area contributed by atoms with Crippen molar-refractivity contribution in [3.8, 4) is 11.3 Å². The normalized spacial score (nSPS) is 19.3. The summed E-state index contributed by atoms with van der Waals surface area (Å²) in [5.74, 6) is -1.49. The number of hydrogen-bond donors (Lipinski definition) is 3. The number of nitrogens with one attached hydrogen (secondary N) is 1. The summed E-state index contributed by atoms with van der Waals surface area (Å²) in [7, 11) is -3.74. The summed E-state index contributed by atoms with van der Waals surface area (Å²) in [6, 6.07) is -0.267. The SMILES string of the molecule is CC(C)(O)Cn1cc(-c2nc(NC3CCN(S(=O)(=O)N4CCC(C(=O)O)CC4)CC3)ncc2C(F)(F)F)cn1. The van der Waals surface area contributed by atoms with E-state index in [1.807, 2.05) is 0 Å². The van der Waals surface area contributed by atoms with Crippen LogP contribution in [0.5, 0.6) is 0 Å². The molecule has 39 heavy (non-hydrogen) atoms. The number of alkyl halides is 3. The van der Waals surface area contributed by atoms with E-state index < -0.39 is 39.4 Å². The predicted octanol–water partition coefficient (Wildman–Crippen LogP) is 2.05. The van der Waals surface area contributed by atoms with E-state index in [9.17, 15) is 31.5 Å². The van der Waals surface area contributed by atoms with Gasteiger partial charge in [0.25, 0.3) is 10.2 Å². The van der Waals surface area contributed by atoms with Gasteiger partial charge < -0.3 is 15.5 Å². The largest absolute Gasteiger partial charge is 0.481 e. The minimum absolute atomic E-state index is 0.0229. The minimum Gasteiger partial charge on any atom is -0.481 e. The second kappa shape index (κ2) is 11.0. The van der Waals surface area contributed by atoms with Gasteiger partial charge in [-0.2, -0.15) is 35.3 Å². The van der Waals surface area contributed by atoms with Crippen LogP contribution in [0.15, 0.2) is 18.6 Å². The molecule has 0 unspecified atom stereocenters. The fourth-order valence-electron chi connectivity index (χ4n) is 4.76. The Hall–Kier alpha value is -2.82. The molecule has 0 spiro atoms. The number of aliphatic carboxylic acids is 1. The Labute approximate surface area is 224 Å². The summed E-state index contributed by atoms with van der Waals surface area (Å²) in [6.45, 7) is 3.85. The van der Waals surface area contributed by atoms with Crippen molar-refractivity contribution in [3.63, 3.8) is 0 Å². The van der Waals surface area contributed by atoms with Crippen molar-refractivity contribution in [2.75, 3.05) is 31.5 Å². The zero-order chi connectivity index (χ0) is 28.6. The number of hydrogen-bond acceptors (Lipinski definition) is 8. The van der Waals surface area contributed by atoms with E-state index in [0.717, 1.165) is 0 Å². The molecule has 0 amide bonds. The maximum atomic E-state index is 13.7. The number of carboxylic acid groups (broad SMARTS) is 1. The number of rotatable bonds is 8. The molecule has 2 aliphatic rings. The number of nitrogens with zero attached hydrogens (tertiary/aromatic N) is 6.